The van der Waals surface area contributed by atoms with Crippen LogP contribution in [-0.2, 0) is 9.59 Å². The van der Waals surface area contributed by atoms with Gasteiger partial charge >= 0.3 is 0 Å². The second-order valence-electron chi connectivity index (χ2n) is 6.12. The van der Waals surface area contributed by atoms with Crippen LogP contribution in [0.15, 0.2) is 52.7 Å². The number of hydrazone groups is 2. The van der Waals surface area contributed by atoms with E-state index >= 15 is 0 Å². The van der Waals surface area contributed by atoms with E-state index in [2.05, 4.69) is 20.9 Å². The van der Waals surface area contributed by atoms with Crippen LogP contribution in [0.4, 0.5) is 11.4 Å². The van der Waals surface area contributed by atoms with E-state index in [0.717, 1.165) is 5.01 Å². The first kappa shape index (κ1) is 22.8. The molecule has 0 radical (unpaired) electrons. The van der Waals surface area contributed by atoms with Crippen molar-refractivity contribution in [3.63, 3.8) is 0 Å². The third-order valence-corrected chi connectivity index (χ3v) is 5.14. The molecular weight excluding hydrogens is 485 g/mol. The number of rotatable bonds is 5. The summed E-state index contributed by atoms with van der Waals surface area (Å²) in [6, 6.07) is 11.3. The summed E-state index contributed by atoms with van der Waals surface area (Å²) in [5, 5.41) is 11.8. The molecule has 1 aliphatic heterocycles. The van der Waals surface area contributed by atoms with Gasteiger partial charge in [-0.1, -0.05) is 53.0 Å². The molecule has 160 valence electrons. The monoisotopic (exact) mass is 497 g/mol. The van der Waals surface area contributed by atoms with Gasteiger partial charge in [-0.3, -0.25) is 15.0 Å². The third kappa shape index (κ3) is 5.05. The van der Waals surface area contributed by atoms with Crippen molar-refractivity contribution in [1.29, 1.82) is 0 Å². The number of nitrogens with two attached hydrogens (primary N) is 2. The number of benzene rings is 2. The van der Waals surface area contributed by atoms with Gasteiger partial charge in [0.2, 0.25) is 0 Å². The highest BCUT2D eigenvalue weighted by Gasteiger charge is 2.42. The zero-order valence-corrected chi connectivity index (χ0v) is 18.6. The molecule has 9 nitrogen and oxygen atoms in total. The molecule has 2 aromatic carbocycles. The van der Waals surface area contributed by atoms with Crippen molar-refractivity contribution in [3.8, 4) is 0 Å². The predicted octanol–water partition coefficient (Wildman–Crippen LogP) is 2.71. The maximum atomic E-state index is 13.0. The number of anilines is 2. The number of nitrogens with zero attached hydrogens (tertiary/aromatic N) is 3. The van der Waals surface area contributed by atoms with E-state index in [-0.39, 0.29) is 37.4 Å². The Bertz CT molecular complexity index is 1120. The Morgan fingerprint density at radius 2 is 1.77 bits per heavy atom. The normalized spacial score (nSPS) is 16.2. The lowest BCUT2D eigenvalue weighted by Gasteiger charge is -2.16. The minimum Gasteiger partial charge on any atom is -0.385 e. The number of hydrogen-bond acceptors (Lipinski definition) is 6. The summed E-state index contributed by atoms with van der Waals surface area (Å²) >= 11 is 22.8. The molecule has 6 N–H and O–H groups in total. The van der Waals surface area contributed by atoms with Crippen molar-refractivity contribution < 1.29 is 9.59 Å². The molecule has 0 fully saturated rings. The van der Waals surface area contributed by atoms with E-state index in [4.69, 9.17) is 58.5 Å². The number of para-hydroxylation sites is 1. The Labute approximate surface area is 197 Å². The van der Waals surface area contributed by atoms with Gasteiger partial charge in [-0.25, -0.2) is 0 Å². The predicted molar refractivity (Wildman–Crippen MR) is 126 cm³/mol. The van der Waals surface area contributed by atoms with Crippen molar-refractivity contribution >= 4 is 86.9 Å². The third-order valence-electron chi connectivity index (χ3n) is 4.02. The molecule has 1 atom stereocenters. The topological polar surface area (TPSA) is 138 Å². The van der Waals surface area contributed by atoms with E-state index in [1.807, 2.05) is 0 Å². The first-order valence-electron chi connectivity index (χ1n) is 8.51. The summed E-state index contributed by atoms with van der Waals surface area (Å²) in [4.78, 5) is 26.1. The molecule has 0 saturated heterocycles. The Balaban J connectivity index is 1.94. The lowest BCUT2D eigenvalue weighted by atomic mass is 10.0. The summed E-state index contributed by atoms with van der Waals surface area (Å²) in [6.07, 6.45) is 0. The molecule has 1 aliphatic rings. The fraction of sp³-hybridized carbons (Fsp3) is 0.0556. The van der Waals surface area contributed by atoms with Crippen LogP contribution < -0.4 is 27.2 Å². The Kier molecular flexibility index (Phi) is 6.96. The smallest absolute Gasteiger partial charge is 0.273 e. The molecule has 3 rings (SSSR count). The zero-order chi connectivity index (χ0) is 22.7. The van der Waals surface area contributed by atoms with E-state index in [9.17, 15) is 9.59 Å². The second-order valence-corrected chi connectivity index (χ2v) is 7.78. The SMILES string of the molecule is NC(=S)NN=C(C(=O)Nc1cc(Cl)c(Cl)cc1Cl)C1C(=O)N(c2ccccc2)N=C1N. The van der Waals surface area contributed by atoms with Gasteiger partial charge in [0.15, 0.2) is 5.11 Å². The molecule has 1 unspecified atom stereocenters. The largest absolute Gasteiger partial charge is 0.385 e. The first-order valence-corrected chi connectivity index (χ1v) is 10.0. The molecule has 2 aromatic rings. The van der Waals surface area contributed by atoms with Crippen LogP contribution >= 0.6 is 47.0 Å². The Morgan fingerprint density at radius 1 is 1.13 bits per heavy atom. The van der Waals surface area contributed by atoms with Gasteiger partial charge in [-0.2, -0.15) is 15.2 Å². The van der Waals surface area contributed by atoms with Gasteiger partial charge in [-0.05, 0) is 36.5 Å². The van der Waals surface area contributed by atoms with E-state index in [1.54, 1.807) is 30.3 Å². The van der Waals surface area contributed by atoms with Crippen molar-refractivity contribution in [2.24, 2.45) is 27.6 Å². The molecule has 1 heterocycles. The standard InChI is InChI=1S/C18H14Cl3N7O2S/c19-9-6-11(21)12(7-10(9)20)24-16(29)14(25-26-18(23)31)13-15(22)27-28(17(13)30)8-4-2-1-3-5-8/h1-7,13H,(H2,22,27)(H,24,29)(H3,23,26,31). The van der Waals surface area contributed by atoms with Crippen LogP contribution in [0.3, 0.4) is 0 Å². The number of carbonyl (C=O) groups excluding carboxylic acids is 2. The van der Waals surface area contributed by atoms with Crippen molar-refractivity contribution in [2.45, 2.75) is 0 Å². The van der Waals surface area contributed by atoms with Gasteiger partial charge in [-0.15, -0.1) is 0 Å². The molecule has 13 heteroatoms. The number of thiocarbonyl (C=S) groups is 1. The van der Waals surface area contributed by atoms with Crippen molar-refractivity contribution in [2.75, 3.05) is 10.3 Å². The summed E-state index contributed by atoms with van der Waals surface area (Å²) in [7, 11) is 0. The highest BCUT2D eigenvalue weighted by Crippen LogP contribution is 2.32. The van der Waals surface area contributed by atoms with E-state index in [1.165, 1.54) is 12.1 Å². The van der Waals surface area contributed by atoms with Gasteiger partial charge in [0.25, 0.3) is 11.8 Å². The maximum Gasteiger partial charge on any atom is 0.273 e. The molecule has 0 aliphatic carbocycles. The van der Waals surface area contributed by atoms with Gasteiger partial charge in [0.1, 0.15) is 17.5 Å². The fourth-order valence-electron chi connectivity index (χ4n) is 2.65. The number of carbonyl (C=O) groups is 2. The van der Waals surface area contributed by atoms with Crippen LogP contribution in [0, 0.1) is 5.92 Å². The molecule has 0 saturated carbocycles. The van der Waals surface area contributed by atoms with Crippen LogP contribution in [0.25, 0.3) is 0 Å². The molecule has 2 amide bonds. The van der Waals surface area contributed by atoms with E-state index in [0.29, 0.717) is 5.69 Å². The highest BCUT2D eigenvalue weighted by molar-refractivity contribution is 7.80. The summed E-state index contributed by atoms with van der Waals surface area (Å²) < 4.78 is 0. The molecule has 0 aromatic heterocycles. The van der Waals surface area contributed by atoms with Crippen LogP contribution in [-0.4, -0.2) is 28.5 Å². The highest BCUT2D eigenvalue weighted by atomic mass is 35.5. The Hall–Kier alpha value is -2.92. The average Bonchev–Trinajstić information content (AvgIpc) is 3.01. The van der Waals surface area contributed by atoms with Gasteiger partial charge in [0, 0.05) is 0 Å². The summed E-state index contributed by atoms with van der Waals surface area (Å²) in [5.74, 6) is -2.85. The van der Waals surface area contributed by atoms with Gasteiger partial charge < -0.3 is 16.8 Å². The Morgan fingerprint density at radius 3 is 2.42 bits per heavy atom. The minimum atomic E-state index is -1.30. The average molecular weight is 499 g/mol. The first-order chi connectivity index (χ1) is 14.7. The lowest BCUT2D eigenvalue weighted by molar-refractivity contribution is -0.119. The zero-order valence-electron chi connectivity index (χ0n) is 15.5. The number of amides is 2. The molecular formula is C18H14Cl3N7O2S. The number of amidine groups is 1. The quantitative estimate of drug-likeness (QED) is 0.216. The summed E-state index contributed by atoms with van der Waals surface area (Å²) in [6.45, 7) is 0. The number of hydrogen-bond donors (Lipinski definition) is 4. The van der Waals surface area contributed by atoms with Gasteiger partial charge in [0.05, 0.1) is 26.4 Å². The molecule has 0 bridgehead atoms. The van der Waals surface area contributed by atoms with Crippen LogP contribution in [0.5, 0.6) is 0 Å². The van der Waals surface area contributed by atoms with Crippen LogP contribution in [0.2, 0.25) is 15.1 Å². The summed E-state index contributed by atoms with van der Waals surface area (Å²) in [5.41, 5.74) is 14.0. The molecule has 0 spiro atoms. The van der Waals surface area contributed by atoms with Crippen molar-refractivity contribution in [1.82, 2.24) is 5.43 Å². The fourth-order valence-corrected chi connectivity index (χ4v) is 3.29. The minimum absolute atomic E-state index is 0.120. The maximum absolute atomic E-state index is 13.0. The lowest BCUT2D eigenvalue weighted by Crippen LogP contribution is -2.43. The second kappa shape index (κ2) is 9.48. The molecule has 31 heavy (non-hydrogen) atoms. The van der Waals surface area contributed by atoms with Crippen molar-refractivity contribution in [3.05, 3.63) is 57.5 Å². The number of nitrogens with one attached hydrogen (secondary N) is 2. The van der Waals surface area contributed by atoms with Crippen LogP contribution in [0.1, 0.15) is 0 Å². The number of halogens is 3. The van der Waals surface area contributed by atoms with E-state index < -0.39 is 17.7 Å².